The summed E-state index contributed by atoms with van der Waals surface area (Å²) in [6.45, 7) is 12.4. The van der Waals surface area contributed by atoms with Crippen LogP contribution in [-0.4, -0.2) is 73.2 Å². The van der Waals surface area contributed by atoms with Gasteiger partial charge in [0.2, 0.25) is 5.91 Å². The molecule has 0 atom stereocenters. The Balaban J connectivity index is 1.71. The molecule has 2 rings (SSSR count). The standard InChI is InChI=1S/C15H29N3O2/c1-4-17(5-2)13-6-8-18(9-7-13)14(19)10-20-15(3)11-16-12-15/h13,16H,4-12H2,1-3H3. The molecule has 0 spiro atoms. The number of hydrogen-bond acceptors (Lipinski definition) is 4. The quantitative estimate of drug-likeness (QED) is 0.779. The highest BCUT2D eigenvalue weighted by Gasteiger charge is 2.34. The fourth-order valence-corrected chi connectivity index (χ4v) is 3.13. The molecule has 0 aromatic heterocycles. The second kappa shape index (κ2) is 6.87. The van der Waals surface area contributed by atoms with E-state index in [-0.39, 0.29) is 18.1 Å². The van der Waals surface area contributed by atoms with Crippen LogP contribution in [0.25, 0.3) is 0 Å². The van der Waals surface area contributed by atoms with Crippen molar-refractivity contribution in [2.75, 3.05) is 45.9 Å². The molecule has 1 N–H and O–H groups in total. The molecule has 2 fully saturated rings. The average Bonchev–Trinajstić information content (AvgIpc) is 2.45. The van der Waals surface area contributed by atoms with Gasteiger partial charge in [0.1, 0.15) is 6.61 Å². The largest absolute Gasteiger partial charge is 0.363 e. The van der Waals surface area contributed by atoms with E-state index in [0.29, 0.717) is 6.04 Å². The summed E-state index contributed by atoms with van der Waals surface area (Å²) in [7, 11) is 0. The van der Waals surface area contributed by atoms with E-state index in [1.165, 1.54) is 0 Å². The van der Waals surface area contributed by atoms with Gasteiger partial charge in [-0.2, -0.15) is 0 Å². The van der Waals surface area contributed by atoms with Gasteiger partial charge in [-0.25, -0.2) is 0 Å². The van der Waals surface area contributed by atoms with Crippen molar-refractivity contribution in [2.45, 2.75) is 45.3 Å². The SMILES string of the molecule is CCN(CC)C1CCN(C(=O)COC2(C)CNC2)CC1. The van der Waals surface area contributed by atoms with Crippen LogP contribution >= 0.6 is 0 Å². The molecule has 0 aliphatic carbocycles. The van der Waals surface area contributed by atoms with Gasteiger partial charge >= 0.3 is 0 Å². The molecule has 2 aliphatic heterocycles. The number of likely N-dealkylation sites (tertiary alicyclic amines) is 1. The summed E-state index contributed by atoms with van der Waals surface area (Å²) in [4.78, 5) is 16.6. The van der Waals surface area contributed by atoms with Gasteiger partial charge in [0, 0.05) is 32.2 Å². The van der Waals surface area contributed by atoms with Crippen molar-refractivity contribution in [1.29, 1.82) is 0 Å². The Bertz CT molecular complexity index is 319. The Labute approximate surface area is 122 Å². The van der Waals surface area contributed by atoms with Crippen molar-refractivity contribution >= 4 is 5.91 Å². The zero-order chi connectivity index (χ0) is 14.6. The van der Waals surface area contributed by atoms with Crippen molar-refractivity contribution in [1.82, 2.24) is 15.1 Å². The number of ether oxygens (including phenoxy) is 1. The third-order valence-corrected chi connectivity index (χ3v) is 4.69. The summed E-state index contributed by atoms with van der Waals surface area (Å²) < 4.78 is 5.73. The normalized spacial score (nSPS) is 22.9. The predicted molar refractivity (Wildman–Crippen MR) is 79.7 cm³/mol. The van der Waals surface area contributed by atoms with E-state index in [1.54, 1.807) is 0 Å². The number of nitrogens with one attached hydrogen (secondary N) is 1. The molecule has 0 aromatic carbocycles. The van der Waals surface area contributed by atoms with Crippen LogP contribution in [0.3, 0.4) is 0 Å². The smallest absolute Gasteiger partial charge is 0.248 e. The van der Waals surface area contributed by atoms with Crippen LogP contribution in [0.1, 0.15) is 33.6 Å². The summed E-state index contributed by atoms with van der Waals surface area (Å²) in [6, 6.07) is 0.642. The van der Waals surface area contributed by atoms with Crippen LogP contribution in [-0.2, 0) is 9.53 Å². The van der Waals surface area contributed by atoms with Crippen LogP contribution in [0.15, 0.2) is 0 Å². The van der Waals surface area contributed by atoms with E-state index in [9.17, 15) is 4.79 Å². The van der Waals surface area contributed by atoms with Gasteiger partial charge in [0.05, 0.1) is 5.60 Å². The van der Waals surface area contributed by atoms with E-state index >= 15 is 0 Å². The minimum atomic E-state index is -0.130. The number of piperidine rings is 1. The second-order valence-electron chi connectivity index (χ2n) is 6.18. The Morgan fingerprint density at radius 1 is 1.30 bits per heavy atom. The summed E-state index contributed by atoms with van der Waals surface area (Å²) in [5, 5.41) is 3.18. The fraction of sp³-hybridized carbons (Fsp3) is 0.933. The predicted octanol–water partition coefficient (Wildman–Crippen LogP) is 0.698. The van der Waals surface area contributed by atoms with Crippen molar-refractivity contribution in [3.8, 4) is 0 Å². The fourth-order valence-electron chi connectivity index (χ4n) is 3.13. The number of amides is 1. The number of carbonyl (C=O) groups excluding carboxylic acids is 1. The second-order valence-corrected chi connectivity index (χ2v) is 6.18. The van der Waals surface area contributed by atoms with Crippen molar-refractivity contribution in [3.63, 3.8) is 0 Å². The Hall–Kier alpha value is -0.650. The minimum absolute atomic E-state index is 0.130. The van der Waals surface area contributed by atoms with E-state index in [1.807, 2.05) is 4.90 Å². The molecule has 2 aliphatic rings. The molecule has 0 bridgehead atoms. The molecular formula is C15H29N3O2. The van der Waals surface area contributed by atoms with E-state index in [0.717, 1.165) is 52.1 Å². The van der Waals surface area contributed by atoms with Gasteiger partial charge in [-0.15, -0.1) is 0 Å². The molecule has 0 radical (unpaired) electrons. The molecule has 20 heavy (non-hydrogen) atoms. The van der Waals surface area contributed by atoms with Crippen molar-refractivity contribution < 1.29 is 9.53 Å². The molecule has 116 valence electrons. The maximum absolute atomic E-state index is 12.2. The first kappa shape index (κ1) is 15.7. The number of hydrogen-bond donors (Lipinski definition) is 1. The summed E-state index contributed by atoms with van der Waals surface area (Å²) in [5.74, 6) is 0.149. The maximum atomic E-state index is 12.2. The highest BCUT2D eigenvalue weighted by molar-refractivity contribution is 5.77. The van der Waals surface area contributed by atoms with Crippen LogP contribution in [0.2, 0.25) is 0 Å². The van der Waals surface area contributed by atoms with Crippen LogP contribution in [0.4, 0.5) is 0 Å². The van der Waals surface area contributed by atoms with Crippen LogP contribution < -0.4 is 5.32 Å². The van der Waals surface area contributed by atoms with Crippen molar-refractivity contribution in [3.05, 3.63) is 0 Å². The van der Waals surface area contributed by atoms with Gasteiger partial charge in [0.25, 0.3) is 0 Å². The molecule has 0 unspecified atom stereocenters. The van der Waals surface area contributed by atoms with Gasteiger partial charge in [-0.1, -0.05) is 13.8 Å². The minimum Gasteiger partial charge on any atom is -0.363 e. The van der Waals surface area contributed by atoms with Gasteiger partial charge in [-0.3, -0.25) is 4.79 Å². The van der Waals surface area contributed by atoms with Gasteiger partial charge in [0.15, 0.2) is 0 Å². The molecule has 5 heteroatoms. The van der Waals surface area contributed by atoms with Gasteiger partial charge in [-0.05, 0) is 32.9 Å². The molecule has 1 amide bonds. The summed E-state index contributed by atoms with van der Waals surface area (Å²) >= 11 is 0. The first-order valence-electron chi connectivity index (χ1n) is 7.94. The van der Waals surface area contributed by atoms with E-state index in [4.69, 9.17) is 4.74 Å². The maximum Gasteiger partial charge on any atom is 0.248 e. The topological polar surface area (TPSA) is 44.8 Å². The highest BCUT2D eigenvalue weighted by Crippen LogP contribution is 2.18. The van der Waals surface area contributed by atoms with E-state index < -0.39 is 0 Å². The lowest BCUT2D eigenvalue weighted by Crippen LogP contribution is -2.60. The van der Waals surface area contributed by atoms with Gasteiger partial charge < -0.3 is 19.9 Å². The number of nitrogens with zero attached hydrogens (tertiary/aromatic N) is 2. The molecule has 2 heterocycles. The molecule has 0 saturated carbocycles. The third kappa shape index (κ3) is 3.71. The third-order valence-electron chi connectivity index (χ3n) is 4.69. The Kier molecular flexibility index (Phi) is 5.41. The summed E-state index contributed by atoms with van der Waals surface area (Å²) in [5.41, 5.74) is -0.130. The Morgan fingerprint density at radius 2 is 1.90 bits per heavy atom. The van der Waals surface area contributed by atoms with Crippen molar-refractivity contribution in [2.24, 2.45) is 0 Å². The number of carbonyl (C=O) groups is 1. The van der Waals surface area contributed by atoms with Crippen LogP contribution in [0.5, 0.6) is 0 Å². The first-order chi connectivity index (χ1) is 9.58. The average molecular weight is 283 g/mol. The molecule has 2 saturated heterocycles. The lowest BCUT2D eigenvalue weighted by molar-refractivity contribution is -0.147. The Morgan fingerprint density at radius 3 is 2.35 bits per heavy atom. The summed E-state index contributed by atoms with van der Waals surface area (Å²) in [6.07, 6.45) is 2.18. The zero-order valence-electron chi connectivity index (χ0n) is 13.2. The zero-order valence-corrected chi connectivity index (χ0v) is 13.2. The first-order valence-corrected chi connectivity index (χ1v) is 7.94. The molecule has 5 nitrogen and oxygen atoms in total. The lowest BCUT2D eigenvalue weighted by Gasteiger charge is -2.40. The lowest BCUT2D eigenvalue weighted by atomic mass is 10.00. The number of rotatable bonds is 6. The van der Waals surface area contributed by atoms with E-state index in [2.05, 4.69) is 31.0 Å². The van der Waals surface area contributed by atoms with Crippen LogP contribution in [0, 0.1) is 0 Å². The molecule has 0 aromatic rings. The monoisotopic (exact) mass is 283 g/mol. The molecular weight excluding hydrogens is 254 g/mol. The highest BCUT2D eigenvalue weighted by atomic mass is 16.5.